The Morgan fingerprint density at radius 2 is 1.95 bits per heavy atom. The number of carbonyl (C=O) groups excluding carboxylic acids is 1. The van der Waals surface area contributed by atoms with Crippen molar-refractivity contribution in [3.63, 3.8) is 0 Å². The van der Waals surface area contributed by atoms with Gasteiger partial charge in [0.25, 0.3) is 0 Å². The Hall–Kier alpha value is -2.01. The summed E-state index contributed by atoms with van der Waals surface area (Å²) in [6, 6.07) is 14.6. The summed E-state index contributed by atoms with van der Waals surface area (Å²) >= 11 is 3.38. The highest BCUT2D eigenvalue weighted by Gasteiger charge is 2.14. The van der Waals surface area contributed by atoms with Crippen LogP contribution >= 0.6 is 15.9 Å². The molecule has 0 aliphatic rings. The third-order valence-electron chi connectivity index (χ3n) is 2.96. The molecule has 2 aromatic carbocycles. The van der Waals surface area contributed by atoms with E-state index in [2.05, 4.69) is 26.6 Å². The zero-order chi connectivity index (χ0) is 15.2. The van der Waals surface area contributed by atoms with Gasteiger partial charge >= 0.3 is 0 Å². The summed E-state index contributed by atoms with van der Waals surface area (Å²) in [4.78, 5) is 12.2. The third-order valence-corrected chi connectivity index (χ3v) is 3.46. The Labute approximate surface area is 132 Å². The van der Waals surface area contributed by atoms with Crippen molar-refractivity contribution < 1.29 is 9.53 Å². The fourth-order valence-electron chi connectivity index (χ4n) is 1.88. The molecule has 0 aromatic heterocycles. The normalized spacial score (nSPS) is 11.6. The van der Waals surface area contributed by atoms with Crippen LogP contribution in [0.4, 0.5) is 11.4 Å². The largest absolute Gasteiger partial charge is 0.495 e. The van der Waals surface area contributed by atoms with Crippen molar-refractivity contribution in [1.82, 2.24) is 0 Å². The van der Waals surface area contributed by atoms with Crippen LogP contribution in [0.1, 0.15) is 6.92 Å². The van der Waals surface area contributed by atoms with Gasteiger partial charge < -0.3 is 15.4 Å². The van der Waals surface area contributed by atoms with Crippen LogP contribution in [0.5, 0.6) is 5.75 Å². The minimum Gasteiger partial charge on any atom is -0.495 e. The molecule has 2 N–H and O–H groups in total. The average Bonchev–Trinajstić information content (AvgIpc) is 2.47. The first kappa shape index (κ1) is 15.4. The second-order valence-corrected chi connectivity index (χ2v) is 5.48. The van der Waals surface area contributed by atoms with Crippen molar-refractivity contribution in [3.05, 3.63) is 53.0 Å². The van der Waals surface area contributed by atoms with Gasteiger partial charge in [0.1, 0.15) is 11.8 Å². The first-order valence-corrected chi connectivity index (χ1v) is 7.35. The van der Waals surface area contributed by atoms with Gasteiger partial charge in [-0.15, -0.1) is 0 Å². The Balaban J connectivity index is 2.02. The predicted octanol–water partition coefficient (Wildman–Crippen LogP) is 3.90. The minimum absolute atomic E-state index is 0.112. The quantitative estimate of drug-likeness (QED) is 0.861. The summed E-state index contributed by atoms with van der Waals surface area (Å²) in [5, 5.41) is 6.02. The number of hydrogen-bond donors (Lipinski definition) is 2. The zero-order valence-electron chi connectivity index (χ0n) is 11.9. The molecule has 0 saturated carbocycles. The Kier molecular flexibility index (Phi) is 5.22. The molecule has 0 bridgehead atoms. The van der Waals surface area contributed by atoms with Crippen molar-refractivity contribution >= 4 is 33.2 Å². The molecule has 21 heavy (non-hydrogen) atoms. The van der Waals surface area contributed by atoms with Gasteiger partial charge in [-0.3, -0.25) is 4.79 Å². The van der Waals surface area contributed by atoms with E-state index in [1.807, 2.05) is 48.5 Å². The van der Waals surface area contributed by atoms with Crippen LogP contribution in [-0.2, 0) is 4.79 Å². The van der Waals surface area contributed by atoms with Gasteiger partial charge in [0.15, 0.2) is 0 Å². The summed E-state index contributed by atoms with van der Waals surface area (Å²) in [6.45, 7) is 1.81. The van der Waals surface area contributed by atoms with Crippen LogP contribution < -0.4 is 15.4 Å². The van der Waals surface area contributed by atoms with Crippen molar-refractivity contribution in [2.75, 3.05) is 17.7 Å². The van der Waals surface area contributed by atoms with Crippen LogP contribution in [0.15, 0.2) is 53.0 Å². The van der Waals surface area contributed by atoms with Gasteiger partial charge in [-0.2, -0.15) is 0 Å². The summed E-state index contributed by atoms with van der Waals surface area (Å²) < 4.78 is 6.18. The fraction of sp³-hybridized carbons (Fsp3) is 0.188. The van der Waals surface area contributed by atoms with Crippen LogP contribution in [0, 0.1) is 0 Å². The van der Waals surface area contributed by atoms with Crippen molar-refractivity contribution in [3.8, 4) is 5.75 Å². The smallest absolute Gasteiger partial charge is 0.246 e. The lowest BCUT2D eigenvalue weighted by Gasteiger charge is -2.17. The number of methoxy groups -OCH3 is 1. The fourth-order valence-corrected chi connectivity index (χ4v) is 2.28. The summed E-state index contributed by atoms with van der Waals surface area (Å²) in [5.41, 5.74) is 1.54. The van der Waals surface area contributed by atoms with Gasteiger partial charge in [-0.1, -0.05) is 34.1 Å². The molecule has 0 aliphatic heterocycles. The Morgan fingerprint density at radius 3 is 2.67 bits per heavy atom. The van der Waals surface area contributed by atoms with E-state index in [0.717, 1.165) is 15.8 Å². The number of para-hydroxylation sites is 2. The number of nitrogens with one attached hydrogen (secondary N) is 2. The lowest BCUT2D eigenvalue weighted by atomic mass is 10.2. The third kappa shape index (κ3) is 4.23. The van der Waals surface area contributed by atoms with Crippen molar-refractivity contribution in [2.45, 2.75) is 13.0 Å². The van der Waals surface area contributed by atoms with E-state index in [-0.39, 0.29) is 11.9 Å². The highest BCUT2D eigenvalue weighted by atomic mass is 79.9. The molecule has 110 valence electrons. The maximum Gasteiger partial charge on any atom is 0.246 e. The number of hydrogen-bond acceptors (Lipinski definition) is 3. The van der Waals surface area contributed by atoms with E-state index in [9.17, 15) is 4.79 Å². The lowest BCUT2D eigenvalue weighted by Crippen LogP contribution is -2.32. The highest BCUT2D eigenvalue weighted by molar-refractivity contribution is 9.10. The molecule has 2 aromatic rings. The molecule has 1 amide bonds. The molecule has 0 unspecified atom stereocenters. The molecule has 5 heteroatoms. The minimum atomic E-state index is -0.389. The van der Waals surface area contributed by atoms with E-state index < -0.39 is 0 Å². The molecule has 0 fully saturated rings. The number of anilines is 2. The SMILES string of the molecule is COc1ccccc1N[C@@H](C)C(=O)Nc1cccc(Br)c1. The summed E-state index contributed by atoms with van der Waals surface area (Å²) in [6.07, 6.45) is 0. The lowest BCUT2D eigenvalue weighted by molar-refractivity contribution is -0.116. The Bertz CT molecular complexity index is 631. The van der Waals surface area contributed by atoms with Gasteiger partial charge in [0.05, 0.1) is 12.8 Å². The van der Waals surface area contributed by atoms with Gasteiger partial charge in [-0.05, 0) is 37.3 Å². The maximum atomic E-state index is 12.2. The van der Waals surface area contributed by atoms with Gasteiger partial charge in [0, 0.05) is 10.2 Å². The van der Waals surface area contributed by atoms with E-state index in [1.165, 1.54) is 0 Å². The number of halogens is 1. The molecule has 0 saturated heterocycles. The molecular formula is C16H17BrN2O2. The summed E-state index contributed by atoms with van der Waals surface area (Å²) in [5.74, 6) is 0.596. The zero-order valence-corrected chi connectivity index (χ0v) is 13.5. The molecule has 0 heterocycles. The van der Waals surface area contributed by atoms with Gasteiger partial charge in [0.2, 0.25) is 5.91 Å². The van der Waals surface area contributed by atoms with Crippen LogP contribution in [0.3, 0.4) is 0 Å². The Morgan fingerprint density at radius 1 is 1.19 bits per heavy atom. The van der Waals surface area contributed by atoms with E-state index in [4.69, 9.17) is 4.74 Å². The average molecular weight is 349 g/mol. The standard InChI is InChI=1S/C16H17BrN2O2/c1-11(18-14-8-3-4-9-15(14)21-2)16(20)19-13-7-5-6-12(17)10-13/h3-11,18H,1-2H3,(H,19,20)/t11-/m0/s1. The van der Waals surface area contributed by atoms with E-state index in [0.29, 0.717) is 5.75 Å². The molecule has 1 atom stereocenters. The number of ether oxygens (including phenoxy) is 1. The molecule has 0 aliphatic carbocycles. The van der Waals surface area contributed by atoms with E-state index in [1.54, 1.807) is 14.0 Å². The monoisotopic (exact) mass is 348 g/mol. The molecule has 0 spiro atoms. The van der Waals surface area contributed by atoms with E-state index >= 15 is 0 Å². The van der Waals surface area contributed by atoms with Crippen LogP contribution in [-0.4, -0.2) is 19.1 Å². The van der Waals surface area contributed by atoms with Crippen LogP contribution in [0.25, 0.3) is 0 Å². The second-order valence-electron chi connectivity index (χ2n) is 4.57. The first-order chi connectivity index (χ1) is 10.1. The number of carbonyl (C=O) groups is 1. The summed E-state index contributed by atoms with van der Waals surface area (Å²) in [7, 11) is 1.60. The first-order valence-electron chi connectivity index (χ1n) is 6.56. The topological polar surface area (TPSA) is 50.4 Å². The highest BCUT2D eigenvalue weighted by Crippen LogP contribution is 2.24. The molecule has 2 rings (SSSR count). The van der Waals surface area contributed by atoms with Gasteiger partial charge in [-0.25, -0.2) is 0 Å². The number of benzene rings is 2. The number of amides is 1. The molecular weight excluding hydrogens is 332 g/mol. The molecule has 4 nitrogen and oxygen atoms in total. The predicted molar refractivity (Wildman–Crippen MR) is 88.9 cm³/mol. The maximum absolute atomic E-state index is 12.2. The van der Waals surface area contributed by atoms with Crippen LogP contribution in [0.2, 0.25) is 0 Å². The second kappa shape index (κ2) is 7.13. The van der Waals surface area contributed by atoms with Crippen molar-refractivity contribution in [2.24, 2.45) is 0 Å². The number of rotatable bonds is 5. The van der Waals surface area contributed by atoms with Crippen molar-refractivity contribution in [1.29, 1.82) is 0 Å². The molecule has 0 radical (unpaired) electrons.